The molecule has 25 heavy (non-hydrogen) atoms. The fraction of sp³-hybridized carbons (Fsp3) is 0. The Morgan fingerprint density at radius 3 is 2.36 bits per heavy atom. The van der Waals surface area contributed by atoms with Crippen LogP contribution in [0.15, 0.2) is 73.1 Å². The molecule has 0 aliphatic carbocycles. The van der Waals surface area contributed by atoms with Gasteiger partial charge in [0.2, 0.25) is 5.91 Å². The molecular weight excluding hydrogens is 321 g/mol. The molecule has 124 valence electrons. The summed E-state index contributed by atoms with van der Waals surface area (Å²) in [4.78, 5) is 19.8. The van der Waals surface area contributed by atoms with Crippen LogP contribution in [0.25, 0.3) is 6.08 Å². The van der Waals surface area contributed by atoms with Crippen molar-refractivity contribution in [2.75, 3.05) is 5.32 Å². The topological polar surface area (TPSA) is 64.1 Å². The molecule has 0 saturated heterocycles. The van der Waals surface area contributed by atoms with Crippen molar-refractivity contribution in [3.63, 3.8) is 0 Å². The van der Waals surface area contributed by atoms with E-state index in [9.17, 15) is 9.18 Å². The summed E-state index contributed by atoms with van der Waals surface area (Å²) in [6, 6.07) is 14.6. The Hall–Kier alpha value is -3.54. The van der Waals surface area contributed by atoms with Gasteiger partial charge in [0.25, 0.3) is 0 Å². The van der Waals surface area contributed by atoms with E-state index in [0.29, 0.717) is 11.4 Å². The number of ether oxygens (including phenoxy) is 1. The number of aromatic nitrogens is 2. The average molecular weight is 335 g/mol. The van der Waals surface area contributed by atoms with E-state index in [1.807, 2.05) is 0 Å². The van der Waals surface area contributed by atoms with Crippen LogP contribution < -0.4 is 10.1 Å². The minimum Gasteiger partial charge on any atom is -0.424 e. The molecule has 0 aliphatic heterocycles. The van der Waals surface area contributed by atoms with Crippen molar-refractivity contribution in [2.45, 2.75) is 0 Å². The normalized spacial score (nSPS) is 10.6. The lowest BCUT2D eigenvalue weighted by molar-refractivity contribution is -0.111. The molecule has 2 aromatic carbocycles. The van der Waals surface area contributed by atoms with Crippen molar-refractivity contribution >= 4 is 17.7 Å². The molecule has 0 radical (unpaired) electrons. The summed E-state index contributed by atoms with van der Waals surface area (Å²) in [5.41, 5.74) is 1.36. The number of hydrogen-bond donors (Lipinski definition) is 1. The van der Waals surface area contributed by atoms with Gasteiger partial charge in [0.05, 0.1) is 0 Å². The molecule has 0 bridgehead atoms. The molecule has 3 rings (SSSR count). The maximum atomic E-state index is 12.8. The van der Waals surface area contributed by atoms with Gasteiger partial charge >= 0.3 is 6.01 Å². The van der Waals surface area contributed by atoms with Crippen molar-refractivity contribution in [1.29, 1.82) is 0 Å². The number of carbonyl (C=O) groups excluding carboxylic acids is 1. The second-order valence-corrected chi connectivity index (χ2v) is 5.03. The zero-order valence-corrected chi connectivity index (χ0v) is 13.1. The largest absolute Gasteiger partial charge is 0.424 e. The van der Waals surface area contributed by atoms with Crippen molar-refractivity contribution < 1.29 is 13.9 Å². The summed E-state index contributed by atoms with van der Waals surface area (Å²) >= 11 is 0. The minimum absolute atomic E-state index is 0.251. The predicted molar refractivity (Wildman–Crippen MR) is 92.6 cm³/mol. The molecule has 1 N–H and O–H groups in total. The number of nitrogens with zero attached hydrogens (tertiary/aromatic N) is 2. The van der Waals surface area contributed by atoms with Gasteiger partial charge in [-0.3, -0.25) is 4.79 Å². The smallest absolute Gasteiger partial charge is 0.321 e. The second kappa shape index (κ2) is 7.83. The first kappa shape index (κ1) is 16.3. The van der Waals surface area contributed by atoms with E-state index in [1.54, 1.807) is 60.9 Å². The maximum Gasteiger partial charge on any atom is 0.321 e. The minimum atomic E-state index is -0.315. The molecule has 1 heterocycles. The van der Waals surface area contributed by atoms with Gasteiger partial charge in [0.15, 0.2) is 0 Å². The lowest BCUT2D eigenvalue weighted by atomic mass is 10.2. The van der Waals surface area contributed by atoms with E-state index >= 15 is 0 Å². The van der Waals surface area contributed by atoms with Crippen LogP contribution in [-0.4, -0.2) is 15.9 Å². The van der Waals surface area contributed by atoms with Crippen LogP contribution >= 0.6 is 0 Å². The Balaban J connectivity index is 1.57. The summed E-state index contributed by atoms with van der Waals surface area (Å²) in [7, 11) is 0. The Labute approximate surface area is 143 Å². The highest BCUT2D eigenvalue weighted by molar-refractivity contribution is 6.01. The van der Waals surface area contributed by atoms with Crippen LogP contribution in [-0.2, 0) is 4.79 Å². The molecule has 3 aromatic rings. The lowest BCUT2D eigenvalue weighted by Gasteiger charge is -2.05. The first-order chi connectivity index (χ1) is 12.2. The number of anilines is 1. The van der Waals surface area contributed by atoms with Crippen LogP contribution in [0, 0.1) is 5.82 Å². The van der Waals surface area contributed by atoms with Gasteiger partial charge in [-0.05, 0) is 54.1 Å². The van der Waals surface area contributed by atoms with Gasteiger partial charge in [-0.2, -0.15) is 0 Å². The molecule has 5 nitrogen and oxygen atoms in total. The Morgan fingerprint density at radius 1 is 1.00 bits per heavy atom. The van der Waals surface area contributed by atoms with E-state index in [4.69, 9.17) is 4.74 Å². The Morgan fingerprint density at radius 2 is 1.68 bits per heavy atom. The third-order valence-electron chi connectivity index (χ3n) is 3.17. The van der Waals surface area contributed by atoms with Gasteiger partial charge in [-0.15, -0.1) is 0 Å². The summed E-state index contributed by atoms with van der Waals surface area (Å²) < 4.78 is 18.3. The van der Waals surface area contributed by atoms with Crippen LogP contribution in [0.2, 0.25) is 0 Å². The molecule has 0 atom stereocenters. The van der Waals surface area contributed by atoms with Gasteiger partial charge in [0.1, 0.15) is 11.6 Å². The number of nitrogens with one attached hydrogen (secondary N) is 1. The van der Waals surface area contributed by atoms with Gasteiger partial charge in [-0.25, -0.2) is 14.4 Å². The van der Waals surface area contributed by atoms with Crippen LogP contribution in [0.4, 0.5) is 10.1 Å². The first-order valence-electron chi connectivity index (χ1n) is 7.49. The number of halogens is 1. The second-order valence-electron chi connectivity index (χ2n) is 5.03. The Bertz CT molecular complexity index is 863. The molecule has 0 unspecified atom stereocenters. The average Bonchev–Trinajstić information content (AvgIpc) is 2.64. The monoisotopic (exact) mass is 335 g/mol. The molecule has 0 fully saturated rings. The number of rotatable bonds is 5. The van der Waals surface area contributed by atoms with E-state index < -0.39 is 0 Å². The standard InChI is InChI=1S/C19H14FN3O2/c20-15-5-2-14(3-6-15)4-11-18(24)23-16-7-9-17(10-8-16)25-19-21-12-1-13-22-19/h1-13H,(H,23,24). The molecule has 6 heteroatoms. The van der Waals surface area contributed by atoms with E-state index in [-0.39, 0.29) is 17.7 Å². The van der Waals surface area contributed by atoms with Crippen molar-refractivity contribution in [2.24, 2.45) is 0 Å². The third kappa shape index (κ3) is 4.97. The maximum absolute atomic E-state index is 12.8. The molecule has 0 saturated carbocycles. The Kier molecular flexibility index (Phi) is 5.11. The first-order valence-corrected chi connectivity index (χ1v) is 7.49. The van der Waals surface area contributed by atoms with Gasteiger partial charge in [-0.1, -0.05) is 12.1 Å². The summed E-state index contributed by atoms with van der Waals surface area (Å²) in [6.45, 7) is 0. The fourth-order valence-corrected chi connectivity index (χ4v) is 1.98. The SMILES string of the molecule is O=C(C=Cc1ccc(F)cc1)Nc1ccc(Oc2ncccn2)cc1. The van der Waals surface area contributed by atoms with E-state index in [1.165, 1.54) is 18.2 Å². The molecular formula is C19H14FN3O2. The summed E-state index contributed by atoms with van der Waals surface area (Å²) in [6.07, 6.45) is 6.17. The van der Waals surface area contributed by atoms with E-state index in [0.717, 1.165) is 5.56 Å². The van der Waals surface area contributed by atoms with Crippen molar-refractivity contribution in [1.82, 2.24) is 9.97 Å². The molecule has 0 spiro atoms. The van der Waals surface area contributed by atoms with E-state index in [2.05, 4.69) is 15.3 Å². The highest BCUT2D eigenvalue weighted by atomic mass is 19.1. The predicted octanol–water partition coefficient (Wildman–Crippen LogP) is 4.06. The highest BCUT2D eigenvalue weighted by Crippen LogP contribution is 2.19. The fourth-order valence-electron chi connectivity index (χ4n) is 1.98. The molecule has 1 aromatic heterocycles. The summed E-state index contributed by atoms with van der Waals surface area (Å²) in [5.74, 6) is -0.0414. The molecule has 0 aliphatic rings. The van der Waals surface area contributed by atoms with Gasteiger partial charge < -0.3 is 10.1 Å². The highest BCUT2D eigenvalue weighted by Gasteiger charge is 2.01. The number of carbonyl (C=O) groups is 1. The number of hydrogen-bond acceptors (Lipinski definition) is 4. The number of amides is 1. The summed E-state index contributed by atoms with van der Waals surface area (Å²) in [5, 5.41) is 2.73. The molecule has 1 amide bonds. The van der Waals surface area contributed by atoms with Crippen LogP contribution in [0.5, 0.6) is 11.8 Å². The third-order valence-corrected chi connectivity index (χ3v) is 3.17. The lowest BCUT2D eigenvalue weighted by Crippen LogP contribution is -2.07. The van der Waals surface area contributed by atoms with Crippen molar-refractivity contribution in [3.8, 4) is 11.8 Å². The van der Waals surface area contributed by atoms with Gasteiger partial charge in [0, 0.05) is 24.2 Å². The number of benzene rings is 2. The van der Waals surface area contributed by atoms with Crippen molar-refractivity contribution in [3.05, 3.63) is 84.4 Å². The van der Waals surface area contributed by atoms with Crippen LogP contribution in [0.1, 0.15) is 5.56 Å². The quantitative estimate of drug-likeness (QED) is 0.714. The zero-order valence-electron chi connectivity index (χ0n) is 13.1. The zero-order chi connectivity index (χ0) is 17.5. The van der Waals surface area contributed by atoms with Crippen LogP contribution in [0.3, 0.4) is 0 Å².